The standard InChI is InChI=1S/C9H13F3N2O/c1-2-7(6-13)8(15)14-5-3-4-9(10,11)12/h7H,2-5H2,1H3,(H,14,15). The first-order valence-electron chi connectivity index (χ1n) is 4.64. The highest BCUT2D eigenvalue weighted by Gasteiger charge is 2.26. The van der Waals surface area contributed by atoms with E-state index >= 15 is 0 Å². The van der Waals surface area contributed by atoms with Crippen LogP contribution in [-0.4, -0.2) is 18.6 Å². The zero-order valence-electron chi connectivity index (χ0n) is 8.40. The summed E-state index contributed by atoms with van der Waals surface area (Å²) in [5, 5.41) is 10.8. The van der Waals surface area contributed by atoms with Gasteiger partial charge in [-0.05, 0) is 12.8 Å². The fourth-order valence-electron chi connectivity index (χ4n) is 0.959. The van der Waals surface area contributed by atoms with Crippen molar-refractivity contribution in [3.05, 3.63) is 0 Å². The Morgan fingerprint density at radius 2 is 2.13 bits per heavy atom. The van der Waals surface area contributed by atoms with Crippen LogP contribution in [0, 0.1) is 17.2 Å². The number of carbonyl (C=O) groups excluding carboxylic acids is 1. The van der Waals surface area contributed by atoms with E-state index in [1.54, 1.807) is 13.0 Å². The molecule has 0 aliphatic carbocycles. The number of rotatable bonds is 5. The van der Waals surface area contributed by atoms with Crippen LogP contribution in [0.1, 0.15) is 26.2 Å². The number of halogens is 3. The summed E-state index contributed by atoms with van der Waals surface area (Å²) in [5.41, 5.74) is 0. The first-order chi connectivity index (χ1) is 6.90. The minimum Gasteiger partial charge on any atom is -0.355 e. The molecule has 6 heteroatoms. The summed E-state index contributed by atoms with van der Waals surface area (Å²) in [7, 11) is 0. The van der Waals surface area contributed by atoms with E-state index in [4.69, 9.17) is 5.26 Å². The molecule has 0 fully saturated rings. The van der Waals surface area contributed by atoms with Crippen LogP contribution in [-0.2, 0) is 4.79 Å². The van der Waals surface area contributed by atoms with Crippen molar-refractivity contribution in [1.82, 2.24) is 5.32 Å². The average molecular weight is 222 g/mol. The van der Waals surface area contributed by atoms with Crippen LogP contribution in [0.25, 0.3) is 0 Å². The minimum atomic E-state index is -4.19. The summed E-state index contributed by atoms with van der Waals surface area (Å²) in [6.45, 7) is 1.62. The monoisotopic (exact) mass is 222 g/mol. The van der Waals surface area contributed by atoms with Crippen molar-refractivity contribution in [2.24, 2.45) is 5.92 Å². The maximum absolute atomic E-state index is 11.7. The van der Waals surface area contributed by atoms with Gasteiger partial charge in [0, 0.05) is 13.0 Å². The molecule has 0 aliphatic rings. The van der Waals surface area contributed by atoms with Crippen molar-refractivity contribution in [1.29, 1.82) is 5.26 Å². The molecule has 0 radical (unpaired) electrons. The van der Waals surface area contributed by atoms with Crippen molar-refractivity contribution in [3.63, 3.8) is 0 Å². The van der Waals surface area contributed by atoms with Crippen LogP contribution in [0.4, 0.5) is 13.2 Å². The Morgan fingerprint density at radius 1 is 1.53 bits per heavy atom. The van der Waals surface area contributed by atoms with Crippen LogP contribution in [0.3, 0.4) is 0 Å². The van der Waals surface area contributed by atoms with E-state index in [1.807, 2.05) is 0 Å². The van der Waals surface area contributed by atoms with Gasteiger partial charge in [0.2, 0.25) is 5.91 Å². The molecule has 86 valence electrons. The lowest BCUT2D eigenvalue weighted by Crippen LogP contribution is -2.31. The maximum atomic E-state index is 11.7. The Morgan fingerprint density at radius 3 is 2.53 bits per heavy atom. The van der Waals surface area contributed by atoms with E-state index in [1.165, 1.54) is 0 Å². The van der Waals surface area contributed by atoms with Crippen molar-refractivity contribution in [2.75, 3.05) is 6.54 Å². The second-order valence-electron chi connectivity index (χ2n) is 3.10. The van der Waals surface area contributed by atoms with E-state index in [0.717, 1.165) is 0 Å². The molecule has 1 N–H and O–H groups in total. The van der Waals surface area contributed by atoms with E-state index in [0.29, 0.717) is 6.42 Å². The third-order valence-corrected chi connectivity index (χ3v) is 1.82. The summed E-state index contributed by atoms with van der Waals surface area (Å²) in [6, 6.07) is 1.77. The van der Waals surface area contributed by atoms with Crippen LogP contribution in [0.5, 0.6) is 0 Å². The molecule has 1 unspecified atom stereocenters. The Bertz CT molecular complexity index is 245. The molecule has 0 aliphatic heterocycles. The summed E-state index contributed by atoms with van der Waals surface area (Å²) >= 11 is 0. The number of nitriles is 1. The third kappa shape index (κ3) is 6.77. The zero-order chi connectivity index (χ0) is 11.9. The third-order valence-electron chi connectivity index (χ3n) is 1.82. The van der Waals surface area contributed by atoms with Gasteiger partial charge in [0.25, 0.3) is 0 Å². The van der Waals surface area contributed by atoms with Crippen molar-refractivity contribution < 1.29 is 18.0 Å². The predicted octanol–water partition coefficient (Wildman–Crippen LogP) is 1.99. The summed E-state index contributed by atoms with van der Waals surface area (Å²) in [5.74, 6) is -1.27. The van der Waals surface area contributed by atoms with Gasteiger partial charge < -0.3 is 5.32 Å². The number of hydrogen-bond acceptors (Lipinski definition) is 2. The minimum absolute atomic E-state index is 0.0451. The Hall–Kier alpha value is -1.25. The molecule has 0 aromatic heterocycles. The topological polar surface area (TPSA) is 52.9 Å². The number of amides is 1. The second-order valence-corrected chi connectivity index (χ2v) is 3.10. The highest BCUT2D eigenvalue weighted by molar-refractivity contribution is 5.80. The Kier molecular flexibility index (Phi) is 5.75. The van der Waals surface area contributed by atoms with Crippen molar-refractivity contribution >= 4 is 5.91 Å². The fraction of sp³-hybridized carbons (Fsp3) is 0.778. The van der Waals surface area contributed by atoms with Crippen molar-refractivity contribution in [2.45, 2.75) is 32.4 Å². The molecule has 15 heavy (non-hydrogen) atoms. The molecule has 0 rings (SSSR count). The van der Waals surface area contributed by atoms with E-state index in [-0.39, 0.29) is 13.0 Å². The predicted molar refractivity (Wildman–Crippen MR) is 47.7 cm³/mol. The molecule has 1 atom stereocenters. The van der Waals surface area contributed by atoms with Gasteiger partial charge in [-0.1, -0.05) is 6.92 Å². The second kappa shape index (κ2) is 6.27. The molecule has 0 heterocycles. The van der Waals surface area contributed by atoms with Crippen LogP contribution in [0.2, 0.25) is 0 Å². The summed E-state index contributed by atoms with van der Waals surface area (Å²) in [4.78, 5) is 11.1. The number of nitrogens with one attached hydrogen (secondary N) is 1. The van der Waals surface area contributed by atoms with E-state index in [2.05, 4.69) is 5.32 Å². The van der Waals surface area contributed by atoms with E-state index in [9.17, 15) is 18.0 Å². The molecule has 1 amide bonds. The Balaban J connectivity index is 3.70. The highest BCUT2D eigenvalue weighted by atomic mass is 19.4. The first kappa shape index (κ1) is 13.8. The number of hydrogen-bond donors (Lipinski definition) is 1. The maximum Gasteiger partial charge on any atom is 0.389 e. The van der Waals surface area contributed by atoms with Gasteiger partial charge in [0.05, 0.1) is 6.07 Å². The number of carbonyl (C=O) groups is 1. The first-order valence-corrected chi connectivity index (χ1v) is 4.64. The molecule has 0 spiro atoms. The molecular weight excluding hydrogens is 209 g/mol. The quantitative estimate of drug-likeness (QED) is 0.723. The largest absolute Gasteiger partial charge is 0.389 e. The molecule has 0 aromatic carbocycles. The average Bonchev–Trinajstić information content (AvgIpc) is 2.13. The van der Waals surface area contributed by atoms with Crippen molar-refractivity contribution in [3.8, 4) is 6.07 Å². The lowest BCUT2D eigenvalue weighted by Gasteiger charge is -2.09. The fourth-order valence-corrected chi connectivity index (χ4v) is 0.959. The smallest absolute Gasteiger partial charge is 0.355 e. The Labute approximate surface area is 86.3 Å². The number of nitrogens with zero attached hydrogens (tertiary/aromatic N) is 1. The molecular formula is C9H13F3N2O. The molecule has 0 saturated heterocycles. The zero-order valence-corrected chi connectivity index (χ0v) is 8.40. The van der Waals surface area contributed by atoms with Gasteiger partial charge in [0.1, 0.15) is 5.92 Å². The summed E-state index contributed by atoms with van der Waals surface area (Å²) in [6.07, 6.45) is -4.90. The lowest BCUT2D eigenvalue weighted by atomic mass is 10.1. The number of alkyl halides is 3. The van der Waals surface area contributed by atoms with Gasteiger partial charge in [-0.25, -0.2) is 0 Å². The van der Waals surface area contributed by atoms with Gasteiger partial charge in [-0.15, -0.1) is 0 Å². The molecule has 3 nitrogen and oxygen atoms in total. The van der Waals surface area contributed by atoms with Crippen LogP contribution >= 0.6 is 0 Å². The van der Waals surface area contributed by atoms with Gasteiger partial charge >= 0.3 is 6.18 Å². The van der Waals surface area contributed by atoms with Crippen LogP contribution in [0.15, 0.2) is 0 Å². The van der Waals surface area contributed by atoms with E-state index < -0.39 is 24.4 Å². The lowest BCUT2D eigenvalue weighted by molar-refractivity contribution is -0.136. The normalized spacial score (nSPS) is 13.0. The molecule has 0 bridgehead atoms. The highest BCUT2D eigenvalue weighted by Crippen LogP contribution is 2.20. The molecule has 0 saturated carbocycles. The SMILES string of the molecule is CCC(C#N)C(=O)NCCCC(F)(F)F. The van der Waals surface area contributed by atoms with Gasteiger partial charge in [-0.3, -0.25) is 4.79 Å². The van der Waals surface area contributed by atoms with Crippen LogP contribution < -0.4 is 5.32 Å². The molecule has 0 aromatic rings. The van der Waals surface area contributed by atoms with Gasteiger partial charge in [-0.2, -0.15) is 18.4 Å². The van der Waals surface area contributed by atoms with Gasteiger partial charge in [0.15, 0.2) is 0 Å². The summed E-state index contributed by atoms with van der Waals surface area (Å²) < 4.78 is 35.1.